The lowest BCUT2D eigenvalue weighted by Gasteiger charge is -2.08. The second kappa shape index (κ2) is 7.01. The van der Waals surface area contributed by atoms with Gasteiger partial charge in [-0.15, -0.1) is 0 Å². The Balaban J connectivity index is 2.55. The average molecular weight is 411 g/mol. The van der Waals surface area contributed by atoms with Crippen molar-refractivity contribution in [3.63, 3.8) is 0 Å². The fraction of sp³-hybridized carbons (Fsp3) is 0.167. The van der Waals surface area contributed by atoms with Gasteiger partial charge in [-0.1, -0.05) is 47.5 Å². The van der Waals surface area contributed by atoms with E-state index in [4.69, 9.17) is 27.4 Å². The molecule has 0 radical (unpaired) electrons. The lowest BCUT2D eigenvalue weighted by Crippen LogP contribution is -2.10. The molecule has 0 saturated heterocycles. The first-order chi connectivity index (χ1) is 11.2. The number of rotatable bonds is 6. The van der Waals surface area contributed by atoms with Crippen molar-refractivity contribution in [2.45, 2.75) is 17.6 Å². The first kappa shape index (κ1) is 18.6. The zero-order valence-electron chi connectivity index (χ0n) is 11.9. The highest BCUT2D eigenvalue weighted by molar-refractivity contribution is 7.89. The van der Waals surface area contributed by atoms with Gasteiger partial charge in [0.15, 0.2) is 5.75 Å². The highest BCUT2D eigenvalue weighted by Crippen LogP contribution is 2.37. The molecule has 8 nitrogen and oxygen atoms in total. The molecule has 128 valence electrons. The molecule has 0 fully saturated rings. The number of nitrogens with zero attached hydrogens (tertiary/aromatic N) is 2. The van der Waals surface area contributed by atoms with Crippen molar-refractivity contribution in [2.24, 2.45) is 0 Å². The molecule has 0 aliphatic heterocycles. The van der Waals surface area contributed by atoms with Crippen LogP contribution in [0.15, 0.2) is 22.4 Å². The molecular formula is C12H8Cl2N2O6S2. The van der Waals surface area contributed by atoms with E-state index in [-0.39, 0.29) is 27.2 Å². The van der Waals surface area contributed by atoms with Gasteiger partial charge < -0.3 is 14.3 Å². The van der Waals surface area contributed by atoms with Crippen LogP contribution in [0.2, 0.25) is 10.0 Å². The van der Waals surface area contributed by atoms with Crippen LogP contribution in [0, 0.1) is 10.1 Å². The van der Waals surface area contributed by atoms with E-state index in [1.165, 1.54) is 25.1 Å². The van der Waals surface area contributed by atoms with Crippen molar-refractivity contribution in [1.29, 1.82) is 0 Å². The Hall–Kier alpha value is -1.75. The highest BCUT2D eigenvalue weighted by atomic mass is 35.5. The molecule has 0 spiro atoms. The van der Waals surface area contributed by atoms with E-state index in [2.05, 4.69) is 4.98 Å². The van der Waals surface area contributed by atoms with Crippen molar-refractivity contribution >= 4 is 56.3 Å². The number of carbonyl (C=O) groups excluding carboxylic acids is 1. The SMILES string of the molecule is CCC(=O)c1nc([N+](=O)[O-])c(S(=O)(=O)Oc2c(Cl)cccc2Cl)s1. The van der Waals surface area contributed by atoms with Crippen molar-refractivity contribution in [3.8, 4) is 5.75 Å². The maximum absolute atomic E-state index is 12.4. The summed E-state index contributed by atoms with van der Waals surface area (Å²) in [6.45, 7) is 1.52. The molecule has 0 unspecified atom stereocenters. The number of halogens is 2. The summed E-state index contributed by atoms with van der Waals surface area (Å²) in [6.07, 6.45) is 0.0152. The Bertz CT molecular complexity index is 905. The van der Waals surface area contributed by atoms with Gasteiger partial charge in [0.2, 0.25) is 5.78 Å². The zero-order chi connectivity index (χ0) is 18.1. The van der Waals surface area contributed by atoms with Crippen LogP contribution < -0.4 is 4.18 Å². The second-order valence-corrected chi connectivity index (χ2v) is 7.81. The van der Waals surface area contributed by atoms with Crippen LogP contribution in [0.5, 0.6) is 5.75 Å². The molecule has 1 aromatic carbocycles. The molecule has 1 aromatic heterocycles. The summed E-state index contributed by atoms with van der Waals surface area (Å²) in [6, 6.07) is 4.15. The third kappa shape index (κ3) is 3.66. The topological polar surface area (TPSA) is 116 Å². The summed E-state index contributed by atoms with van der Waals surface area (Å²) >= 11 is 12.0. The maximum Gasteiger partial charge on any atom is 0.398 e. The standard InChI is InChI=1S/C12H8Cl2N2O6S2/c1-2-8(17)11-15-10(16(18)19)12(23-11)24(20,21)22-9-6(13)4-3-5-7(9)14/h3-5H,2H2,1H3. The minimum Gasteiger partial charge on any atom is -0.375 e. The van der Waals surface area contributed by atoms with E-state index in [0.29, 0.717) is 11.3 Å². The molecule has 0 bridgehead atoms. The zero-order valence-corrected chi connectivity index (χ0v) is 15.0. The smallest absolute Gasteiger partial charge is 0.375 e. The van der Waals surface area contributed by atoms with Gasteiger partial charge in [0.1, 0.15) is 0 Å². The van der Waals surface area contributed by atoms with Gasteiger partial charge in [0.05, 0.1) is 10.0 Å². The number of nitro groups is 1. The number of benzene rings is 1. The van der Waals surface area contributed by atoms with Gasteiger partial charge in [-0.3, -0.25) is 4.79 Å². The number of ketones is 1. The van der Waals surface area contributed by atoms with Crippen molar-refractivity contribution in [3.05, 3.63) is 43.4 Å². The van der Waals surface area contributed by atoms with Gasteiger partial charge >= 0.3 is 15.9 Å². The maximum atomic E-state index is 12.4. The average Bonchev–Trinajstić information content (AvgIpc) is 2.97. The van der Waals surface area contributed by atoms with E-state index in [0.717, 1.165) is 0 Å². The van der Waals surface area contributed by atoms with Gasteiger partial charge in [0.25, 0.3) is 9.22 Å². The molecule has 0 aliphatic carbocycles. The van der Waals surface area contributed by atoms with Crippen LogP contribution in [0.1, 0.15) is 23.1 Å². The fourth-order valence-corrected chi connectivity index (χ4v) is 4.47. The molecule has 24 heavy (non-hydrogen) atoms. The van der Waals surface area contributed by atoms with Crippen molar-refractivity contribution < 1.29 is 22.3 Å². The Morgan fingerprint density at radius 1 is 1.38 bits per heavy atom. The monoisotopic (exact) mass is 410 g/mol. The third-order valence-corrected chi connectivity index (χ3v) is 6.01. The van der Waals surface area contributed by atoms with E-state index in [1.807, 2.05) is 0 Å². The lowest BCUT2D eigenvalue weighted by atomic mass is 10.3. The Kier molecular flexibility index (Phi) is 5.43. The molecular weight excluding hydrogens is 403 g/mol. The van der Waals surface area contributed by atoms with Crippen molar-refractivity contribution in [2.75, 3.05) is 0 Å². The number of para-hydroxylation sites is 1. The normalized spacial score (nSPS) is 11.3. The first-order valence-electron chi connectivity index (χ1n) is 6.24. The number of Topliss-reactive ketones (excluding diaryl/α,β-unsaturated/α-hetero) is 1. The summed E-state index contributed by atoms with van der Waals surface area (Å²) in [5, 5.41) is 10.6. The molecule has 0 atom stereocenters. The largest absolute Gasteiger partial charge is 0.398 e. The first-order valence-corrected chi connectivity index (χ1v) is 9.22. The van der Waals surface area contributed by atoms with E-state index in [1.54, 1.807) is 0 Å². The predicted octanol–water partition coefficient (Wildman–Crippen LogP) is 3.72. The number of hydrogen-bond donors (Lipinski definition) is 0. The minimum atomic E-state index is -4.66. The summed E-state index contributed by atoms with van der Waals surface area (Å²) in [4.78, 5) is 25.2. The molecule has 2 aromatic rings. The van der Waals surface area contributed by atoms with Crippen LogP contribution in [-0.4, -0.2) is 24.1 Å². The van der Waals surface area contributed by atoms with E-state index >= 15 is 0 Å². The highest BCUT2D eigenvalue weighted by Gasteiger charge is 2.36. The second-order valence-electron chi connectivity index (χ2n) is 4.25. The molecule has 0 amide bonds. The van der Waals surface area contributed by atoms with Crippen LogP contribution in [0.25, 0.3) is 0 Å². The fourth-order valence-electron chi connectivity index (χ4n) is 1.56. The number of aromatic nitrogens is 1. The molecule has 0 saturated carbocycles. The van der Waals surface area contributed by atoms with Crippen LogP contribution in [0.3, 0.4) is 0 Å². The number of carbonyl (C=O) groups is 1. The van der Waals surface area contributed by atoms with E-state index < -0.39 is 30.9 Å². The summed E-state index contributed by atoms with van der Waals surface area (Å²) in [7, 11) is -4.66. The summed E-state index contributed by atoms with van der Waals surface area (Å²) in [5.41, 5.74) is 0. The minimum absolute atomic E-state index is 0.0152. The third-order valence-electron chi connectivity index (χ3n) is 2.65. The molecule has 2 rings (SSSR count). The van der Waals surface area contributed by atoms with Crippen LogP contribution >= 0.6 is 34.5 Å². The molecule has 12 heteroatoms. The molecule has 1 heterocycles. The predicted molar refractivity (Wildman–Crippen MR) is 87.7 cm³/mol. The van der Waals surface area contributed by atoms with Crippen LogP contribution in [0.4, 0.5) is 5.82 Å². The Labute approximate surface area is 150 Å². The Morgan fingerprint density at radius 2 is 1.96 bits per heavy atom. The summed E-state index contributed by atoms with van der Waals surface area (Å²) in [5.74, 6) is -1.88. The Morgan fingerprint density at radius 3 is 2.46 bits per heavy atom. The van der Waals surface area contributed by atoms with Crippen LogP contribution in [-0.2, 0) is 10.1 Å². The molecule has 0 aliphatic rings. The van der Waals surface area contributed by atoms with Crippen molar-refractivity contribution in [1.82, 2.24) is 4.98 Å². The quantitative estimate of drug-likeness (QED) is 0.308. The number of hydrogen-bond acceptors (Lipinski definition) is 8. The van der Waals surface area contributed by atoms with Gasteiger partial charge in [-0.05, 0) is 22.0 Å². The van der Waals surface area contributed by atoms with Gasteiger partial charge in [-0.25, -0.2) is 0 Å². The lowest BCUT2D eigenvalue weighted by molar-refractivity contribution is -0.391. The van der Waals surface area contributed by atoms with E-state index in [9.17, 15) is 23.3 Å². The summed E-state index contributed by atoms with van der Waals surface area (Å²) < 4.78 is 28.8. The van der Waals surface area contributed by atoms with Gasteiger partial charge in [0, 0.05) is 6.42 Å². The number of thiazole rings is 1. The van der Waals surface area contributed by atoms with Gasteiger partial charge in [-0.2, -0.15) is 8.42 Å². The molecule has 0 N–H and O–H groups in total.